The van der Waals surface area contributed by atoms with Crippen LogP contribution in [-0.2, 0) is 4.79 Å². The second-order valence-electron chi connectivity index (χ2n) is 6.84. The van der Waals surface area contributed by atoms with E-state index in [0.717, 1.165) is 32.4 Å². The summed E-state index contributed by atoms with van der Waals surface area (Å²) in [4.78, 5) is 25.9. The molecule has 0 bridgehead atoms. The maximum absolute atomic E-state index is 12.1. The third-order valence-corrected chi connectivity index (χ3v) is 4.80. The number of carbonyl (C=O) groups excluding carboxylic acids is 1. The van der Waals surface area contributed by atoms with Gasteiger partial charge in [-0.05, 0) is 44.7 Å². The van der Waals surface area contributed by atoms with Crippen LogP contribution < -0.4 is 10.6 Å². The minimum absolute atomic E-state index is 0.332. The van der Waals surface area contributed by atoms with E-state index in [1.165, 1.54) is 0 Å². The Bertz CT molecular complexity index is 402. The van der Waals surface area contributed by atoms with Crippen LogP contribution in [0.3, 0.4) is 0 Å². The molecule has 1 saturated heterocycles. The second kappa shape index (κ2) is 6.64. The van der Waals surface area contributed by atoms with Crippen LogP contribution in [0.15, 0.2) is 0 Å². The molecule has 2 rings (SSSR count). The predicted octanol–water partition coefficient (Wildman–Crippen LogP) is 1.27. The summed E-state index contributed by atoms with van der Waals surface area (Å²) >= 11 is 0. The van der Waals surface area contributed by atoms with Crippen molar-refractivity contribution in [3.8, 4) is 0 Å². The molecule has 0 aromatic heterocycles. The van der Waals surface area contributed by atoms with Gasteiger partial charge in [0.2, 0.25) is 0 Å². The fourth-order valence-corrected chi connectivity index (χ4v) is 3.60. The third-order valence-electron chi connectivity index (χ3n) is 4.80. The van der Waals surface area contributed by atoms with E-state index in [1.54, 1.807) is 0 Å². The second-order valence-corrected chi connectivity index (χ2v) is 6.84. The number of carbonyl (C=O) groups is 2. The molecule has 1 aliphatic carbocycles. The molecule has 1 aliphatic heterocycles. The highest BCUT2D eigenvalue weighted by molar-refractivity contribution is 5.86. The van der Waals surface area contributed by atoms with Gasteiger partial charge in [-0.3, -0.25) is 0 Å². The fraction of sp³-hybridized carbons (Fsp3) is 0.867. The number of carboxylic acid groups (broad SMARTS) is 1. The molecule has 2 amide bonds. The van der Waals surface area contributed by atoms with Crippen LogP contribution in [-0.4, -0.2) is 54.2 Å². The number of amides is 2. The average Bonchev–Trinajstić information content (AvgIpc) is 2.82. The van der Waals surface area contributed by atoms with Crippen LogP contribution in [0.1, 0.15) is 39.0 Å². The van der Waals surface area contributed by atoms with Gasteiger partial charge in [-0.2, -0.15) is 0 Å². The van der Waals surface area contributed by atoms with E-state index < -0.39 is 11.5 Å². The number of hydrogen-bond acceptors (Lipinski definition) is 3. The Balaban J connectivity index is 1.85. The molecule has 6 nitrogen and oxygen atoms in total. The van der Waals surface area contributed by atoms with Crippen molar-refractivity contribution in [2.45, 2.75) is 44.6 Å². The first-order chi connectivity index (χ1) is 9.91. The highest BCUT2D eigenvalue weighted by Gasteiger charge is 2.43. The Kier molecular flexibility index (Phi) is 5.08. The maximum atomic E-state index is 12.1. The smallest absolute Gasteiger partial charge is 0.329 e. The van der Waals surface area contributed by atoms with E-state index in [4.69, 9.17) is 0 Å². The first kappa shape index (κ1) is 16.1. The lowest BCUT2D eigenvalue weighted by atomic mass is 9.76. The first-order valence-corrected chi connectivity index (χ1v) is 7.89. The van der Waals surface area contributed by atoms with Gasteiger partial charge in [0.25, 0.3) is 0 Å². The number of hydrogen-bond donors (Lipinski definition) is 3. The zero-order valence-electron chi connectivity index (χ0n) is 13.0. The molecule has 2 fully saturated rings. The Labute approximate surface area is 126 Å². The van der Waals surface area contributed by atoms with E-state index in [-0.39, 0.29) is 6.03 Å². The van der Waals surface area contributed by atoms with Gasteiger partial charge in [0.1, 0.15) is 5.54 Å². The quantitative estimate of drug-likeness (QED) is 0.730. The monoisotopic (exact) mass is 297 g/mol. The summed E-state index contributed by atoms with van der Waals surface area (Å²) in [7, 11) is 2.07. The van der Waals surface area contributed by atoms with Gasteiger partial charge >= 0.3 is 12.0 Å². The van der Waals surface area contributed by atoms with Gasteiger partial charge < -0.3 is 20.6 Å². The topological polar surface area (TPSA) is 81.7 Å². The average molecular weight is 297 g/mol. The van der Waals surface area contributed by atoms with Crippen molar-refractivity contribution in [1.29, 1.82) is 0 Å². The zero-order chi connectivity index (χ0) is 15.5. The fourth-order valence-electron chi connectivity index (χ4n) is 3.60. The van der Waals surface area contributed by atoms with Gasteiger partial charge in [-0.25, -0.2) is 9.59 Å². The number of aliphatic carboxylic acids is 1. The van der Waals surface area contributed by atoms with E-state index in [9.17, 15) is 14.7 Å². The van der Waals surface area contributed by atoms with Crippen LogP contribution in [0.2, 0.25) is 0 Å². The summed E-state index contributed by atoms with van der Waals surface area (Å²) in [5.74, 6) is -0.116. The van der Waals surface area contributed by atoms with Crippen molar-refractivity contribution < 1.29 is 14.7 Å². The Morgan fingerprint density at radius 3 is 2.71 bits per heavy atom. The molecule has 0 aromatic carbocycles. The van der Waals surface area contributed by atoms with Gasteiger partial charge in [-0.1, -0.05) is 19.8 Å². The maximum Gasteiger partial charge on any atom is 0.329 e. The van der Waals surface area contributed by atoms with Gasteiger partial charge in [0.05, 0.1) is 0 Å². The van der Waals surface area contributed by atoms with E-state index in [2.05, 4.69) is 22.6 Å². The Morgan fingerprint density at radius 1 is 1.38 bits per heavy atom. The Morgan fingerprint density at radius 2 is 2.14 bits per heavy atom. The number of rotatable bonds is 4. The Hall–Kier alpha value is -1.30. The predicted molar refractivity (Wildman–Crippen MR) is 80.1 cm³/mol. The summed E-state index contributed by atoms with van der Waals surface area (Å²) in [6.07, 6.45) is 4.00. The first-order valence-electron chi connectivity index (χ1n) is 7.89. The molecule has 1 heterocycles. The molecular formula is C15H27N3O3. The highest BCUT2D eigenvalue weighted by Crippen LogP contribution is 2.32. The molecule has 2 aliphatic rings. The minimum Gasteiger partial charge on any atom is -0.480 e. The van der Waals surface area contributed by atoms with Gasteiger partial charge in [0, 0.05) is 13.1 Å². The molecule has 0 spiro atoms. The van der Waals surface area contributed by atoms with E-state index in [0.29, 0.717) is 31.2 Å². The van der Waals surface area contributed by atoms with Crippen molar-refractivity contribution in [3.05, 3.63) is 0 Å². The normalized spacial score (nSPS) is 33.6. The number of nitrogens with one attached hydrogen (secondary N) is 2. The lowest BCUT2D eigenvalue weighted by Gasteiger charge is -2.37. The molecule has 3 N–H and O–H groups in total. The summed E-state index contributed by atoms with van der Waals surface area (Å²) in [6, 6.07) is -0.346. The molecule has 1 saturated carbocycles. The van der Waals surface area contributed by atoms with Crippen molar-refractivity contribution in [2.24, 2.45) is 11.8 Å². The van der Waals surface area contributed by atoms with Crippen LogP contribution in [0.25, 0.3) is 0 Å². The number of urea groups is 1. The zero-order valence-corrected chi connectivity index (χ0v) is 13.0. The molecule has 21 heavy (non-hydrogen) atoms. The van der Waals surface area contributed by atoms with Crippen LogP contribution >= 0.6 is 0 Å². The minimum atomic E-state index is -1.09. The van der Waals surface area contributed by atoms with Crippen molar-refractivity contribution in [1.82, 2.24) is 15.5 Å². The highest BCUT2D eigenvalue weighted by atomic mass is 16.4. The summed E-state index contributed by atoms with van der Waals surface area (Å²) in [5, 5.41) is 15.1. The summed E-state index contributed by atoms with van der Waals surface area (Å²) in [6.45, 7) is 4.71. The molecule has 120 valence electrons. The molecular weight excluding hydrogens is 270 g/mol. The van der Waals surface area contributed by atoms with Gasteiger partial charge in [0.15, 0.2) is 0 Å². The lowest BCUT2D eigenvalue weighted by molar-refractivity contribution is -0.146. The van der Waals surface area contributed by atoms with E-state index >= 15 is 0 Å². The van der Waals surface area contributed by atoms with Crippen molar-refractivity contribution in [3.63, 3.8) is 0 Å². The molecule has 3 atom stereocenters. The van der Waals surface area contributed by atoms with Crippen LogP contribution in [0.5, 0.6) is 0 Å². The SMILES string of the molecule is CC1CCCC(NC(=O)NCC2CCN(C)C2)(C(=O)O)C1. The summed E-state index contributed by atoms with van der Waals surface area (Å²) in [5.41, 5.74) is -1.09. The standard InChI is InChI=1S/C15H27N3O3/c1-11-4-3-6-15(8-11,13(19)20)17-14(21)16-9-12-5-7-18(2)10-12/h11-12H,3-10H2,1-2H3,(H,19,20)(H2,16,17,21). The van der Waals surface area contributed by atoms with Crippen molar-refractivity contribution in [2.75, 3.05) is 26.7 Å². The number of carboxylic acids is 1. The summed E-state index contributed by atoms with van der Waals surface area (Å²) < 4.78 is 0. The lowest BCUT2D eigenvalue weighted by Crippen LogP contribution is -2.59. The molecule has 0 aromatic rings. The largest absolute Gasteiger partial charge is 0.480 e. The molecule has 6 heteroatoms. The van der Waals surface area contributed by atoms with Crippen molar-refractivity contribution >= 4 is 12.0 Å². The van der Waals surface area contributed by atoms with Crippen LogP contribution in [0.4, 0.5) is 4.79 Å². The molecule has 0 radical (unpaired) electrons. The number of likely N-dealkylation sites (tertiary alicyclic amines) is 1. The van der Waals surface area contributed by atoms with Crippen LogP contribution in [0, 0.1) is 11.8 Å². The third kappa shape index (κ3) is 4.09. The van der Waals surface area contributed by atoms with E-state index in [1.807, 2.05) is 6.92 Å². The molecule has 3 unspecified atom stereocenters. The van der Waals surface area contributed by atoms with Gasteiger partial charge in [-0.15, -0.1) is 0 Å². The number of nitrogens with zero attached hydrogens (tertiary/aromatic N) is 1.